The van der Waals surface area contributed by atoms with Gasteiger partial charge in [0.25, 0.3) is 0 Å². The molecule has 14 heavy (non-hydrogen) atoms. The maximum Gasteiger partial charge on any atom is 0.356 e. The van der Waals surface area contributed by atoms with Gasteiger partial charge in [-0.05, 0) is 6.92 Å². The van der Waals surface area contributed by atoms with E-state index in [0.717, 1.165) is 6.20 Å². The molecule has 0 aliphatic rings. The lowest BCUT2D eigenvalue weighted by atomic mass is 10.3. The average molecular weight is 197 g/mol. The number of carboxylic acid groups (broad SMARTS) is 1. The summed E-state index contributed by atoms with van der Waals surface area (Å²) in [5.74, 6) is -0.671. The van der Waals surface area contributed by atoms with Crippen molar-refractivity contribution in [2.75, 3.05) is 11.9 Å². The zero-order valence-corrected chi connectivity index (χ0v) is 7.64. The number of anilines is 1. The van der Waals surface area contributed by atoms with Crippen LogP contribution in [0, 0.1) is 0 Å². The van der Waals surface area contributed by atoms with Crippen molar-refractivity contribution in [1.29, 1.82) is 0 Å². The molecule has 1 rings (SSSR count). The van der Waals surface area contributed by atoms with Gasteiger partial charge in [0, 0.05) is 6.04 Å². The van der Waals surface area contributed by atoms with Crippen molar-refractivity contribution in [2.45, 2.75) is 13.0 Å². The second kappa shape index (κ2) is 4.52. The van der Waals surface area contributed by atoms with E-state index in [-0.39, 0.29) is 18.3 Å². The molecule has 1 aromatic heterocycles. The van der Waals surface area contributed by atoms with Gasteiger partial charge in [0.15, 0.2) is 5.69 Å². The third kappa shape index (κ3) is 2.67. The smallest absolute Gasteiger partial charge is 0.356 e. The van der Waals surface area contributed by atoms with Gasteiger partial charge in [-0.2, -0.15) is 0 Å². The molecule has 1 heterocycles. The minimum Gasteiger partial charge on any atom is -0.476 e. The van der Waals surface area contributed by atoms with Crippen LogP contribution in [0.25, 0.3) is 0 Å². The number of carboxylic acids is 1. The summed E-state index contributed by atoms with van der Waals surface area (Å²) in [4.78, 5) is 17.9. The first-order chi connectivity index (χ1) is 6.63. The second-order valence-corrected chi connectivity index (χ2v) is 2.82. The summed E-state index contributed by atoms with van der Waals surface area (Å²) < 4.78 is 0. The van der Waals surface area contributed by atoms with Gasteiger partial charge in [-0.25, -0.2) is 14.8 Å². The van der Waals surface area contributed by atoms with Crippen LogP contribution in [-0.4, -0.2) is 38.8 Å². The van der Waals surface area contributed by atoms with E-state index in [1.54, 1.807) is 6.92 Å². The molecule has 0 bridgehead atoms. The minimum atomic E-state index is -1.11. The van der Waals surface area contributed by atoms with E-state index in [1.165, 1.54) is 6.20 Å². The van der Waals surface area contributed by atoms with Crippen LogP contribution in [0.2, 0.25) is 0 Å². The van der Waals surface area contributed by atoms with E-state index in [0.29, 0.717) is 5.82 Å². The highest BCUT2D eigenvalue weighted by molar-refractivity contribution is 5.84. The predicted molar refractivity (Wildman–Crippen MR) is 49.2 cm³/mol. The Labute approximate surface area is 80.6 Å². The standard InChI is InChI=1S/C8H11N3O3/c1-5(4-12)11-7-3-9-6(2-10-7)8(13)14/h2-3,5,12H,4H2,1H3,(H,10,11)(H,13,14). The number of carbonyl (C=O) groups is 1. The maximum atomic E-state index is 10.4. The fourth-order valence-corrected chi connectivity index (χ4v) is 0.811. The van der Waals surface area contributed by atoms with Gasteiger partial charge < -0.3 is 15.5 Å². The van der Waals surface area contributed by atoms with Crippen molar-refractivity contribution in [1.82, 2.24) is 9.97 Å². The largest absolute Gasteiger partial charge is 0.476 e. The Morgan fingerprint density at radius 3 is 2.71 bits per heavy atom. The molecule has 0 aromatic carbocycles. The molecular formula is C8H11N3O3. The van der Waals surface area contributed by atoms with E-state index in [9.17, 15) is 4.79 Å². The van der Waals surface area contributed by atoms with E-state index >= 15 is 0 Å². The first kappa shape index (κ1) is 10.4. The molecule has 0 radical (unpaired) electrons. The van der Waals surface area contributed by atoms with Gasteiger partial charge in [-0.3, -0.25) is 0 Å². The lowest BCUT2D eigenvalue weighted by Crippen LogP contribution is -2.20. The molecule has 0 amide bonds. The number of rotatable bonds is 4. The summed E-state index contributed by atoms with van der Waals surface area (Å²) in [5, 5.41) is 20.1. The molecule has 0 saturated carbocycles. The molecule has 1 unspecified atom stereocenters. The highest BCUT2D eigenvalue weighted by atomic mass is 16.4. The summed E-state index contributed by atoms with van der Waals surface area (Å²) in [6.45, 7) is 1.75. The first-order valence-corrected chi connectivity index (χ1v) is 4.06. The minimum absolute atomic E-state index is 0.0254. The van der Waals surface area contributed by atoms with E-state index in [1.807, 2.05) is 0 Å². The Morgan fingerprint density at radius 1 is 1.57 bits per heavy atom. The summed E-state index contributed by atoms with van der Waals surface area (Å²) >= 11 is 0. The summed E-state index contributed by atoms with van der Waals surface area (Å²) in [6, 6.07) is -0.139. The topological polar surface area (TPSA) is 95.3 Å². The fourth-order valence-electron chi connectivity index (χ4n) is 0.811. The molecule has 1 aromatic rings. The number of hydrogen-bond donors (Lipinski definition) is 3. The van der Waals surface area contributed by atoms with Crippen LogP contribution in [0.15, 0.2) is 12.4 Å². The van der Waals surface area contributed by atoms with Crippen molar-refractivity contribution in [2.24, 2.45) is 0 Å². The van der Waals surface area contributed by atoms with Crippen LogP contribution >= 0.6 is 0 Å². The molecule has 6 heteroatoms. The van der Waals surface area contributed by atoms with Gasteiger partial charge in [0.2, 0.25) is 0 Å². The molecule has 0 aliphatic heterocycles. The Balaban J connectivity index is 2.68. The lowest BCUT2D eigenvalue weighted by Gasteiger charge is -2.10. The van der Waals surface area contributed by atoms with Crippen molar-refractivity contribution in [3.63, 3.8) is 0 Å². The number of aliphatic hydroxyl groups is 1. The van der Waals surface area contributed by atoms with Crippen molar-refractivity contribution in [3.8, 4) is 0 Å². The molecule has 0 spiro atoms. The molecule has 76 valence electrons. The maximum absolute atomic E-state index is 10.4. The van der Waals surface area contributed by atoms with Gasteiger partial charge in [-0.1, -0.05) is 0 Å². The molecule has 6 nitrogen and oxygen atoms in total. The zero-order valence-electron chi connectivity index (χ0n) is 7.64. The predicted octanol–water partition coefficient (Wildman–Crippen LogP) is -0.0325. The normalized spacial score (nSPS) is 12.1. The summed E-state index contributed by atoms with van der Waals surface area (Å²) in [7, 11) is 0. The highest BCUT2D eigenvalue weighted by Crippen LogP contribution is 2.02. The number of nitrogens with zero attached hydrogens (tertiary/aromatic N) is 2. The molecule has 0 fully saturated rings. The molecular weight excluding hydrogens is 186 g/mol. The number of nitrogens with one attached hydrogen (secondary N) is 1. The quantitative estimate of drug-likeness (QED) is 0.627. The van der Waals surface area contributed by atoms with Gasteiger partial charge >= 0.3 is 5.97 Å². The molecule has 0 aliphatic carbocycles. The van der Waals surface area contributed by atoms with E-state index < -0.39 is 5.97 Å². The highest BCUT2D eigenvalue weighted by Gasteiger charge is 2.05. The Hall–Kier alpha value is -1.69. The van der Waals surface area contributed by atoms with Crippen LogP contribution in [0.1, 0.15) is 17.4 Å². The SMILES string of the molecule is CC(CO)Nc1cnc(C(=O)O)cn1. The van der Waals surface area contributed by atoms with Crippen molar-refractivity contribution in [3.05, 3.63) is 18.1 Å². The third-order valence-corrected chi connectivity index (χ3v) is 1.54. The number of aromatic nitrogens is 2. The second-order valence-electron chi connectivity index (χ2n) is 2.82. The lowest BCUT2D eigenvalue weighted by molar-refractivity contribution is 0.0690. The van der Waals surface area contributed by atoms with Crippen LogP contribution in [0.3, 0.4) is 0 Å². The number of aliphatic hydroxyl groups excluding tert-OH is 1. The Kier molecular flexibility index (Phi) is 3.35. The van der Waals surface area contributed by atoms with Crippen LogP contribution in [0.4, 0.5) is 5.82 Å². The Bertz CT molecular complexity index is 312. The van der Waals surface area contributed by atoms with Crippen LogP contribution in [0.5, 0.6) is 0 Å². The molecule has 0 saturated heterocycles. The molecule has 3 N–H and O–H groups in total. The molecule has 1 atom stereocenters. The van der Waals surface area contributed by atoms with Crippen LogP contribution < -0.4 is 5.32 Å². The zero-order chi connectivity index (χ0) is 10.6. The monoisotopic (exact) mass is 197 g/mol. The van der Waals surface area contributed by atoms with E-state index in [4.69, 9.17) is 10.2 Å². The fraction of sp³-hybridized carbons (Fsp3) is 0.375. The number of aromatic carboxylic acids is 1. The van der Waals surface area contributed by atoms with Crippen molar-refractivity contribution < 1.29 is 15.0 Å². The van der Waals surface area contributed by atoms with Gasteiger partial charge in [0.05, 0.1) is 19.0 Å². The van der Waals surface area contributed by atoms with Gasteiger partial charge in [-0.15, -0.1) is 0 Å². The number of hydrogen-bond acceptors (Lipinski definition) is 5. The van der Waals surface area contributed by atoms with Gasteiger partial charge in [0.1, 0.15) is 5.82 Å². The first-order valence-electron chi connectivity index (χ1n) is 4.06. The third-order valence-electron chi connectivity index (χ3n) is 1.54. The Morgan fingerprint density at radius 2 is 2.29 bits per heavy atom. The van der Waals surface area contributed by atoms with Crippen molar-refractivity contribution >= 4 is 11.8 Å². The summed E-state index contributed by atoms with van der Waals surface area (Å²) in [5.41, 5.74) is -0.104. The van der Waals surface area contributed by atoms with Crippen LogP contribution in [-0.2, 0) is 0 Å². The average Bonchev–Trinajstić information content (AvgIpc) is 2.18. The summed E-state index contributed by atoms with van der Waals surface area (Å²) in [6.07, 6.45) is 2.48. The van der Waals surface area contributed by atoms with E-state index in [2.05, 4.69) is 15.3 Å².